The second-order valence-electron chi connectivity index (χ2n) is 6.59. The number of benzene rings is 3. The highest BCUT2D eigenvalue weighted by atomic mass is 16.5. The normalized spacial score (nSPS) is 16.1. The van der Waals surface area contributed by atoms with Gasteiger partial charge in [-0.1, -0.05) is 42.3 Å². The minimum Gasteiger partial charge on any atom is -0.504 e. The number of carbonyl (C=O) groups excluding carboxylic acids is 1. The van der Waals surface area contributed by atoms with Crippen LogP contribution in [0.3, 0.4) is 0 Å². The van der Waals surface area contributed by atoms with Gasteiger partial charge in [-0.05, 0) is 40.1 Å². The number of anilines is 1. The van der Waals surface area contributed by atoms with Gasteiger partial charge in [-0.25, -0.2) is 0 Å². The average molecular weight is 357 g/mol. The van der Waals surface area contributed by atoms with Gasteiger partial charge >= 0.3 is 0 Å². The molecule has 27 heavy (non-hydrogen) atoms. The standard InChI is InChI=1S/C23H19NO3/c1-3-12-24-19-10-8-15-6-4-5-7-17(15)23(19)18(14-22(24)26)16-9-11-20(25)21(13-16)27-2/h1,4-11,13,18,25H,12,14H2,2H3. The molecule has 0 saturated heterocycles. The van der Waals surface area contributed by atoms with Crippen LogP contribution in [0.25, 0.3) is 10.8 Å². The Morgan fingerprint density at radius 3 is 2.81 bits per heavy atom. The van der Waals surface area contributed by atoms with Gasteiger partial charge in [-0.15, -0.1) is 6.42 Å². The van der Waals surface area contributed by atoms with Crippen LogP contribution in [0.5, 0.6) is 11.5 Å². The number of nitrogens with zero attached hydrogens (tertiary/aromatic N) is 1. The summed E-state index contributed by atoms with van der Waals surface area (Å²) in [5.41, 5.74) is 2.85. The van der Waals surface area contributed by atoms with Crippen molar-refractivity contribution in [2.24, 2.45) is 0 Å². The number of phenols is 1. The van der Waals surface area contributed by atoms with Crippen molar-refractivity contribution in [3.63, 3.8) is 0 Å². The van der Waals surface area contributed by atoms with Gasteiger partial charge in [0, 0.05) is 18.0 Å². The molecule has 4 rings (SSSR count). The first kappa shape index (κ1) is 17.0. The SMILES string of the molecule is C#CCN1C(=O)CC(c2ccc(O)c(OC)c2)c2c1ccc1ccccc21. The Balaban J connectivity index is 1.97. The number of hydrogen-bond donors (Lipinski definition) is 1. The molecule has 0 fully saturated rings. The van der Waals surface area contributed by atoms with Gasteiger partial charge in [0.05, 0.1) is 13.7 Å². The van der Waals surface area contributed by atoms with Crippen LogP contribution < -0.4 is 9.64 Å². The van der Waals surface area contributed by atoms with Crippen molar-refractivity contribution < 1.29 is 14.6 Å². The summed E-state index contributed by atoms with van der Waals surface area (Å²) in [6, 6.07) is 17.4. The largest absolute Gasteiger partial charge is 0.504 e. The molecule has 0 aromatic heterocycles. The van der Waals surface area contributed by atoms with Crippen LogP contribution in [0.15, 0.2) is 54.6 Å². The quantitative estimate of drug-likeness (QED) is 0.719. The molecular formula is C23H19NO3. The summed E-state index contributed by atoms with van der Waals surface area (Å²) in [6.07, 6.45) is 5.82. The average Bonchev–Trinajstić information content (AvgIpc) is 2.70. The number of ether oxygens (including phenoxy) is 1. The molecule has 0 bridgehead atoms. The number of rotatable bonds is 3. The van der Waals surface area contributed by atoms with Crippen LogP contribution >= 0.6 is 0 Å². The zero-order valence-corrected chi connectivity index (χ0v) is 15.0. The molecule has 1 atom stereocenters. The number of terminal acetylenes is 1. The summed E-state index contributed by atoms with van der Waals surface area (Å²) in [7, 11) is 1.52. The van der Waals surface area contributed by atoms with E-state index >= 15 is 0 Å². The molecule has 1 heterocycles. The Morgan fingerprint density at radius 1 is 1.22 bits per heavy atom. The predicted molar refractivity (Wildman–Crippen MR) is 106 cm³/mol. The molecule has 1 amide bonds. The van der Waals surface area contributed by atoms with Crippen LogP contribution in [0.4, 0.5) is 5.69 Å². The lowest BCUT2D eigenvalue weighted by atomic mass is 9.81. The molecule has 134 valence electrons. The smallest absolute Gasteiger partial charge is 0.228 e. The van der Waals surface area contributed by atoms with Gasteiger partial charge < -0.3 is 14.7 Å². The van der Waals surface area contributed by atoms with Crippen LogP contribution in [-0.4, -0.2) is 24.7 Å². The zero-order chi connectivity index (χ0) is 19.0. The highest BCUT2D eigenvalue weighted by Crippen LogP contribution is 2.45. The topological polar surface area (TPSA) is 49.8 Å². The lowest BCUT2D eigenvalue weighted by Gasteiger charge is -2.34. The van der Waals surface area contributed by atoms with Crippen LogP contribution in [0.1, 0.15) is 23.5 Å². The number of carbonyl (C=O) groups is 1. The third-order valence-electron chi connectivity index (χ3n) is 5.12. The molecule has 1 aliphatic heterocycles. The van der Waals surface area contributed by atoms with Crippen LogP contribution in [0.2, 0.25) is 0 Å². The third kappa shape index (κ3) is 2.78. The first-order chi connectivity index (χ1) is 13.1. The van der Waals surface area contributed by atoms with Crippen molar-refractivity contribution >= 4 is 22.4 Å². The van der Waals surface area contributed by atoms with Crippen molar-refractivity contribution in [2.75, 3.05) is 18.6 Å². The summed E-state index contributed by atoms with van der Waals surface area (Å²) in [5.74, 6) is 2.92. The fourth-order valence-corrected chi connectivity index (χ4v) is 3.87. The minimum absolute atomic E-state index is 0.00669. The summed E-state index contributed by atoms with van der Waals surface area (Å²) in [5, 5.41) is 12.2. The van der Waals surface area contributed by atoms with Crippen molar-refractivity contribution in [1.29, 1.82) is 0 Å². The Labute approximate surface area is 158 Å². The van der Waals surface area contributed by atoms with Crippen molar-refractivity contribution in [3.8, 4) is 23.8 Å². The molecule has 4 heteroatoms. The number of methoxy groups -OCH3 is 1. The highest BCUT2D eigenvalue weighted by Gasteiger charge is 2.33. The summed E-state index contributed by atoms with van der Waals surface area (Å²) in [6.45, 7) is 0.246. The molecule has 4 nitrogen and oxygen atoms in total. The van der Waals surface area contributed by atoms with Crippen molar-refractivity contribution in [1.82, 2.24) is 0 Å². The molecule has 3 aromatic carbocycles. The lowest BCUT2D eigenvalue weighted by molar-refractivity contribution is -0.119. The van der Waals surface area contributed by atoms with Crippen molar-refractivity contribution in [2.45, 2.75) is 12.3 Å². The van der Waals surface area contributed by atoms with E-state index in [1.165, 1.54) is 7.11 Å². The van der Waals surface area contributed by atoms with Crippen LogP contribution in [0, 0.1) is 12.3 Å². The van der Waals surface area contributed by atoms with E-state index < -0.39 is 0 Å². The van der Waals surface area contributed by atoms with E-state index in [4.69, 9.17) is 11.2 Å². The Hall–Kier alpha value is -3.45. The zero-order valence-electron chi connectivity index (χ0n) is 15.0. The molecule has 0 aliphatic carbocycles. The van der Waals surface area contributed by atoms with Gasteiger partial charge in [0.2, 0.25) is 5.91 Å². The molecule has 1 aliphatic rings. The van der Waals surface area contributed by atoms with Gasteiger partial charge in [-0.2, -0.15) is 0 Å². The molecule has 0 radical (unpaired) electrons. The number of phenolic OH excluding ortho intramolecular Hbond substituents is 1. The predicted octanol–water partition coefficient (Wildman–Crippen LogP) is 4.06. The Bertz CT molecular complexity index is 1080. The van der Waals surface area contributed by atoms with Gasteiger partial charge in [0.25, 0.3) is 0 Å². The van der Waals surface area contributed by atoms with Crippen LogP contribution in [-0.2, 0) is 4.79 Å². The lowest BCUT2D eigenvalue weighted by Crippen LogP contribution is -2.37. The second-order valence-corrected chi connectivity index (χ2v) is 6.59. The molecule has 0 saturated carbocycles. The number of aromatic hydroxyl groups is 1. The monoisotopic (exact) mass is 357 g/mol. The van der Waals surface area contributed by atoms with Gasteiger partial charge in [0.1, 0.15) is 0 Å². The molecular weight excluding hydrogens is 338 g/mol. The van der Waals surface area contributed by atoms with Gasteiger partial charge in [0.15, 0.2) is 11.5 Å². The molecule has 1 unspecified atom stereocenters. The first-order valence-corrected chi connectivity index (χ1v) is 8.76. The number of amides is 1. The molecule has 3 aromatic rings. The molecule has 1 N–H and O–H groups in total. The van der Waals surface area contributed by atoms with E-state index in [1.807, 2.05) is 30.3 Å². The van der Waals surface area contributed by atoms with E-state index in [1.54, 1.807) is 17.0 Å². The van der Waals surface area contributed by atoms with E-state index in [2.05, 4.69) is 18.1 Å². The maximum Gasteiger partial charge on any atom is 0.228 e. The second kappa shape index (κ2) is 6.69. The van der Waals surface area contributed by atoms with E-state index in [0.717, 1.165) is 27.6 Å². The maximum atomic E-state index is 12.8. The minimum atomic E-state index is -0.137. The third-order valence-corrected chi connectivity index (χ3v) is 5.12. The van der Waals surface area contributed by atoms with Crippen molar-refractivity contribution in [3.05, 3.63) is 65.7 Å². The highest BCUT2D eigenvalue weighted by molar-refractivity contribution is 6.03. The summed E-state index contributed by atoms with van der Waals surface area (Å²) in [4.78, 5) is 14.5. The Kier molecular flexibility index (Phi) is 4.21. The van der Waals surface area contributed by atoms with E-state index in [-0.39, 0.29) is 24.1 Å². The molecule has 0 spiro atoms. The summed E-state index contributed by atoms with van der Waals surface area (Å²) >= 11 is 0. The number of hydrogen-bond acceptors (Lipinski definition) is 3. The van der Waals surface area contributed by atoms with E-state index in [9.17, 15) is 9.90 Å². The van der Waals surface area contributed by atoms with Gasteiger partial charge in [-0.3, -0.25) is 4.79 Å². The fourth-order valence-electron chi connectivity index (χ4n) is 3.87. The van der Waals surface area contributed by atoms with E-state index in [0.29, 0.717) is 12.2 Å². The maximum absolute atomic E-state index is 12.8. The number of fused-ring (bicyclic) bond motifs is 3. The fraction of sp³-hybridized carbons (Fsp3) is 0.174. The first-order valence-electron chi connectivity index (χ1n) is 8.76. The Morgan fingerprint density at radius 2 is 2.04 bits per heavy atom. The summed E-state index contributed by atoms with van der Waals surface area (Å²) < 4.78 is 5.27.